The van der Waals surface area contributed by atoms with E-state index >= 15 is 0 Å². The van der Waals surface area contributed by atoms with Gasteiger partial charge in [0.25, 0.3) is 0 Å². The van der Waals surface area contributed by atoms with Crippen molar-refractivity contribution in [2.24, 2.45) is 0 Å². The number of rotatable bonds is 4. The fourth-order valence-electron chi connectivity index (χ4n) is 3.30. The van der Waals surface area contributed by atoms with Crippen LogP contribution in [0.15, 0.2) is 30.3 Å². The minimum Gasteiger partial charge on any atom is -0.325 e. The average Bonchev–Trinajstić information content (AvgIpc) is 3.22. The summed E-state index contributed by atoms with van der Waals surface area (Å²) in [5.74, 6) is 0.0908. The zero-order valence-electron chi connectivity index (χ0n) is 12.7. The molecule has 5 nitrogen and oxygen atoms in total. The van der Waals surface area contributed by atoms with Gasteiger partial charge in [0, 0.05) is 25.7 Å². The minimum absolute atomic E-state index is 0.0908. The summed E-state index contributed by atoms with van der Waals surface area (Å²) < 4.78 is 0. The van der Waals surface area contributed by atoms with E-state index in [1.54, 1.807) is 4.90 Å². The summed E-state index contributed by atoms with van der Waals surface area (Å²) in [5.41, 5.74) is 1.25. The Balaban J connectivity index is 1.50. The number of amides is 1. The van der Waals surface area contributed by atoms with Crippen LogP contribution in [0.1, 0.15) is 24.8 Å². The largest absolute Gasteiger partial charge is 0.325 e. The van der Waals surface area contributed by atoms with E-state index in [4.69, 9.17) is 5.26 Å². The molecule has 0 unspecified atom stereocenters. The van der Waals surface area contributed by atoms with Crippen LogP contribution in [-0.2, 0) is 11.3 Å². The minimum atomic E-state index is -0.231. The molecule has 1 aromatic rings. The zero-order valence-corrected chi connectivity index (χ0v) is 12.7. The Kier molecular flexibility index (Phi) is 4.71. The van der Waals surface area contributed by atoms with Crippen molar-refractivity contribution in [2.75, 3.05) is 13.1 Å². The van der Waals surface area contributed by atoms with Gasteiger partial charge in [-0.2, -0.15) is 5.26 Å². The summed E-state index contributed by atoms with van der Waals surface area (Å²) in [5, 5.41) is 15.9. The number of benzene rings is 1. The van der Waals surface area contributed by atoms with Crippen LogP contribution in [0.2, 0.25) is 0 Å². The van der Waals surface area contributed by atoms with Crippen LogP contribution in [0.25, 0.3) is 0 Å². The SMILES string of the molecule is N#C[C@@H]1CCCN1C(=O)[C@@H]1C[C@H](NCc2ccccc2)CN1. The maximum atomic E-state index is 12.5. The van der Waals surface area contributed by atoms with Crippen LogP contribution >= 0.6 is 0 Å². The molecule has 0 saturated carbocycles. The maximum Gasteiger partial charge on any atom is 0.240 e. The molecular formula is C17H22N4O. The van der Waals surface area contributed by atoms with Crippen molar-refractivity contribution in [1.29, 1.82) is 5.26 Å². The Hall–Kier alpha value is -1.90. The van der Waals surface area contributed by atoms with E-state index in [9.17, 15) is 4.79 Å². The quantitative estimate of drug-likeness (QED) is 0.871. The average molecular weight is 298 g/mol. The number of nitrogens with zero attached hydrogens (tertiary/aromatic N) is 2. The van der Waals surface area contributed by atoms with Gasteiger partial charge in [0.1, 0.15) is 6.04 Å². The first kappa shape index (κ1) is 15.0. The van der Waals surface area contributed by atoms with Crippen molar-refractivity contribution in [3.63, 3.8) is 0 Å². The second kappa shape index (κ2) is 6.91. The van der Waals surface area contributed by atoms with Crippen LogP contribution in [0.4, 0.5) is 0 Å². The molecular weight excluding hydrogens is 276 g/mol. The number of carbonyl (C=O) groups excluding carboxylic acids is 1. The number of carbonyl (C=O) groups is 1. The molecule has 2 aliphatic heterocycles. The molecule has 22 heavy (non-hydrogen) atoms. The molecule has 3 atom stereocenters. The lowest BCUT2D eigenvalue weighted by atomic mass is 10.1. The monoisotopic (exact) mass is 298 g/mol. The van der Waals surface area contributed by atoms with Gasteiger partial charge in [-0.05, 0) is 24.8 Å². The molecule has 2 N–H and O–H groups in total. The summed E-state index contributed by atoms with van der Waals surface area (Å²) in [6.07, 6.45) is 2.54. The van der Waals surface area contributed by atoms with Crippen LogP contribution < -0.4 is 10.6 Å². The highest BCUT2D eigenvalue weighted by Gasteiger charge is 2.36. The maximum absolute atomic E-state index is 12.5. The van der Waals surface area contributed by atoms with Gasteiger partial charge in [0.15, 0.2) is 0 Å². The standard InChI is InChI=1S/C17H22N4O/c18-10-15-7-4-8-21(15)17(22)16-9-14(12-20-16)19-11-13-5-2-1-3-6-13/h1-3,5-6,14-16,19-20H,4,7-9,11-12H2/t14-,15-,16-/m0/s1. The van der Waals surface area contributed by atoms with Gasteiger partial charge in [-0.3, -0.25) is 4.79 Å². The van der Waals surface area contributed by atoms with Crippen LogP contribution in [-0.4, -0.2) is 42.0 Å². The molecule has 2 saturated heterocycles. The molecule has 0 radical (unpaired) electrons. The van der Waals surface area contributed by atoms with E-state index in [2.05, 4.69) is 28.8 Å². The molecule has 0 bridgehead atoms. The van der Waals surface area contributed by atoms with Crippen LogP contribution in [0.3, 0.4) is 0 Å². The van der Waals surface area contributed by atoms with Crippen molar-refractivity contribution in [2.45, 2.75) is 43.9 Å². The van der Waals surface area contributed by atoms with E-state index in [0.29, 0.717) is 6.04 Å². The summed E-state index contributed by atoms with van der Waals surface area (Å²) in [6.45, 7) is 2.34. The first-order chi connectivity index (χ1) is 10.8. The van der Waals surface area contributed by atoms with Gasteiger partial charge >= 0.3 is 0 Å². The van der Waals surface area contributed by atoms with Gasteiger partial charge in [-0.15, -0.1) is 0 Å². The highest BCUT2D eigenvalue weighted by Crippen LogP contribution is 2.20. The molecule has 0 spiro atoms. The second-order valence-corrected chi connectivity index (χ2v) is 6.08. The Bertz CT molecular complexity index is 554. The molecule has 0 aromatic heterocycles. The van der Waals surface area contributed by atoms with E-state index in [-0.39, 0.29) is 18.0 Å². The predicted octanol–water partition coefficient (Wildman–Crippen LogP) is 1.02. The highest BCUT2D eigenvalue weighted by atomic mass is 16.2. The second-order valence-electron chi connectivity index (χ2n) is 6.08. The van der Waals surface area contributed by atoms with Gasteiger partial charge in [0.2, 0.25) is 5.91 Å². The van der Waals surface area contributed by atoms with Crippen molar-refractivity contribution in [1.82, 2.24) is 15.5 Å². The number of likely N-dealkylation sites (tertiary alicyclic amines) is 1. The van der Waals surface area contributed by atoms with Crippen molar-refractivity contribution < 1.29 is 4.79 Å². The third kappa shape index (κ3) is 3.29. The summed E-state index contributed by atoms with van der Waals surface area (Å²) >= 11 is 0. The van der Waals surface area contributed by atoms with Crippen molar-refractivity contribution in [3.05, 3.63) is 35.9 Å². The first-order valence-electron chi connectivity index (χ1n) is 7.98. The third-order valence-electron chi connectivity index (χ3n) is 4.55. The smallest absolute Gasteiger partial charge is 0.240 e. The molecule has 2 fully saturated rings. The Labute approximate surface area is 131 Å². The van der Waals surface area contributed by atoms with Gasteiger partial charge in [0.05, 0.1) is 12.1 Å². The highest BCUT2D eigenvalue weighted by molar-refractivity contribution is 5.83. The molecule has 116 valence electrons. The Morgan fingerprint density at radius 3 is 3.00 bits per heavy atom. The van der Waals surface area contributed by atoms with Gasteiger partial charge in [-0.25, -0.2) is 0 Å². The van der Waals surface area contributed by atoms with Gasteiger partial charge < -0.3 is 15.5 Å². The number of nitrogens with one attached hydrogen (secondary N) is 2. The van der Waals surface area contributed by atoms with E-state index in [0.717, 1.165) is 38.9 Å². The molecule has 1 aromatic carbocycles. The number of hydrogen-bond donors (Lipinski definition) is 2. The number of nitriles is 1. The van der Waals surface area contributed by atoms with Gasteiger partial charge in [-0.1, -0.05) is 30.3 Å². The lowest BCUT2D eigenvalue weighted by Crippen LogP contribution is -2.45. The fraction of sp³-hybridized carbons (Fsp3) is 0.529. The topological polar surface area (TPSA) is 68.2 Å². The molecule has 5 heteroatoms. The lowest BCUT2D eigenvalue weighted by Gasteiger charge is -2.23. The van der Waals surface area contributed by atoms with E-state index in [1.165, 1.54) is 5.56 Å². The van der Waals surface area contributed by atoms with Crippen LogP contribution in [0.5, 0.6) is 0 Å². The van der Waals surface area contributed by atoms with E-state index < -0.39 is 0 Å². The summed E-state index contributed by atoms with van der Waals surface area (Å²) in [7, 11) is 0. The summed E-state index contributed by atoms with van der Waals surface area (Å²) in [6, 6.07) is 12.4. The summed E-state index contributed by atoms with van der Waals surface area (Å²) in [4.78, 5) is 14.3. The van der Waals surface area contributed by atoms with E-state index in [1.807, 2.05) is 18.2 Å². The third-order valence-corrected chi connectivity index (χ3v) is 4.55. The molecule has 2 heterocycles. The normalized spacial score (nSPS) is 27.8. The molecule has 3 rings (SSSR count). The lowest BCUT2D eigenvalue weighted by molar-refractivity contribution is -0.133. The predicted molar refractivity (Wildman–Crippen MR) is 83.8 cm³/mol. The molecule has 0 aliphatic carbocycles. The number of hydrogen-bond acceptors (Lipinski definition) is 4. The van der Waals surface area contributed by atoms with Crippen molar-refractivity contribution >= 4 is 5.91 Å². The molecule has 1 amide bonds. The van der Waals surface area contributed by atoms with Crippen molar-refractivity contribution in [3.8, 4) is 6.07 Å². The fourth-order valence-corrected chi connectivity index (χ4v) is 3.30. The Morgan fingerprint density at radius 2 is 2.23 bits per heavy atom. The molecule has 2 aliphatic rings. The van der Waals surface area contributed by atoms with Crippen LogP contribution in [0, 0.1) is 11.3 Å². The zero-order chi connectivity index (χ0) is 15.4. The Morgan fingerprint density at radius 1 is 1.41 bits per heavy atom. The first-order valence-corrected chi connectivity index (χ1v) is 7.98.